The number of aliphatic hydroxyl groups excluding tert-OH is 1. The first-order valence-electron chi connectivity index (χ1n) is 4.98. The first-order chi connectivity index (χ1) is 7.14. The van der Waals surface area contributed by atoms with Crippen LogP contribution in [0.1, 0.15) is 20.3 Å². The second kappa shape index (κ2) is 4.81. The summed E-state index contributed by atoms with van der Waals surface area (Å²) >= 11 is 0. The minimum Gasteiger partial charge on any atom is -0.470 e. The number of ether oxygens (including phenoxy) is 1. The van der Waals surface area contributed by atoms with Gasteiger partial charge in [0.2, 0.25) is 5.60 Å². The molecular weight excluding hydrogens is 190 g/mol. The molecule has 80 valence electrons. The van der Waals surface area contributed by atoms with E-state index in [0.29, 0.717) is 12.2 Å². The molecular formula is C12H15NO2. The largest absolute Gasteiger partial charge is 0.470 e. The van der Waals surface area contributed by atoms with Crippen LogP contribution in [0.25, 0.3) is 0 Å². The standard InChI is InChI=1S/C12H15NO2/c1-3-12(9-13,10(2)14)15-11-7-5-4-6-8-11/h4-8,10,14H,3H2,1-2H3. The molecule has 1 N–H and O–H groups in total. The third-order valence-electron chi connectivity index (χ3n) is 2.43. The van der Waals surface area contributed by atoms with E-state index in [1.165, 1.54) is 0 Å². The molecule has 2 atom stereocenters. The highest BCUT2D eigenvalue weighted by Gasteiger charge is 2.36. The monoisotopic (exact) mass is 205 g/mol. The summed E-state index contributed by atoms with van der Waals surface area (Å²) in [5.41, 5.74) is -1.15. The van der Waals surface area contributed by atoms with Crippen LogP contribution in [0.3, 0.4) is 0 Å². The van der Waals surface area contributed by atoms with Crippen LogP contribution < -0.4 is 4.74 Å². The van der Waals surface area contributed by atoms with Gasteiger partial charge in [-0.1, -0.05) is 25.1 Å². The van der Waals surface area contributed by atoms with Crippen LogP contribution in [0.15, 0.2) is 30.3 Å². The number of hydrogen-bond donors (Lipinski definition) is 1. The first kappa shape index (κ1) is 11.5. The predicted molar refractivity (Wildman–Crippen MR) is 57.4 cm³/mol. The molecule has 0 amide bonds. The molecule has 1 aromatic carbocycles. The highest BCUT2D eigenvalue weighted by Crippen LogP contribution is 2.23. The average molecular weight is 205 g/mol. The molecule has 0 bridgehead atoms. The fourth-order valence-corrected chi connectivity index (χ4v) is 1.35. The van der Waals surface area contributed by atoms with Crippen LogP contribution >= 0.6 is 0 Å². The van der Waals surface area contributed by atoms with E-state index < -0.39 is 11.7 Å². The van der Waals surface area contributed by atoms with Gasteiger partial charge in [0.25, 0.3) is 0 Å². The molecule has 0 radical (unpaired) electrons. The van der Waals surface area contributed by atoms with Crippen molar-refractivity contribution in [3.63, 3.8) is 0 Å². The van der Waals surface area contributed by atoms with Gasteiger partial charge in [-0.25, -0.2) is 0 Å². The van der Waals surface area contributed by atoms with E-state index in [4.69, 9.17) is 10.00 Å². The lowest BCUT2D eigenvalue weighted by Crippen LogP contribution is -2.44. The Labute approximate surface area is 89.9 Å². The van der Waals surface area contributed by atoms with Gasteiger partial charge in [0.05, 0.1) is 0 Å². The normalized spacial score (nSPS) is 16.1. The molecule has 0 spiro atoms. The van der Waals surface area contributed by atoms with E-state index in [-0.39, 0.29) is 0 Å². The van der Waals surface area contributed by atoms with Gasteiger partial charge in [-0.3, -0.25) is 0 Å². The number of para-hydroxylation sites is 1. The second-order valence-corrected chi connectivity index (χ2v) is 3.45. The molecule has 0 aromatic heterocycles. The van der Waals surface area contributed by atoms with Gasteiger partial charge in [0.1, 0.15) is 17.9 Å². The molecule has 3 nitrogen and oxygen atoms in total. The van der Waals surface area contributed by atoms with Crippen molar-refractivity contribution >= 4 is 0 Å². The molecule has 0 aliphatic rings. The molecule has 0 heterocycles. The maximum absolute atomic E-state index is 9.58. The zero-order chi connectivity index (χ0) is 11.3. The van der Waals surface area contributed by atoms with Gasteiger partial charge in [0.15, 0.2) is 0 Å². The summed E-state index contributed by atoms with van der Waals surface area (Å²) in [7, 11) is 0. The lowest BCUT2D eigenvalue weighted by molar-refractivity contribution is -0.00604. The molecule has 0 fully saturated rings. The number of nitriles is 1. The number of hydrogen-bond acceptors (Lipinski definition) is 3. The number of aliphatic hydroxyl groups is 1. The Morgan fingerprint density at radius 3 is 2.47 bits per heavy atom. The zero-order valence-corrected chi connectivity index (χ0v) is 8.97. The molecule has 0 saturated carbocycles. The van der Waals surface area contributed by atoms with Gasteiger partial charge in [-0.2, -0.15) is 5.26 Å². The van der Waals surface area contributed by atoms with E-state index in [2.05, 4.69) is 0 Å². The minimum atomic E-state index is -1.15. The Hall–Kier alpha value is -1.53. The summed E-state index contributed by atoms with van der Waals surface area (Å²) in [4.78, 5) is 0. The third-order valence-corrected chi connectivity index (χ3v) is 2.43. The summed E-state index contributed by atoms with van der Waals surface area (Å²) < 4.78 is 5.55. The molecule has 0 aliphatic carbocycles. The van der Waals surface area contributed by atoms with Gasteiger partial charge in [-0.15, -0.1) is 0 Å². The topological polar surface area (TPSA) is 53.2 Å². The van der Waals surface area contributed by atoms with Crippen molar-refractivity contribution in [1.29, 1.82) is 5.26 Å². The smallest absolute Gasteiger partial charge is 0.219 e. The van der Waals surface area contributed by atoms with Crippen LogP contribution in [0.2, 0.25) is 0 Å². The number of nitrogens with zero attached hydrogens (tertiary/aromatic N) is 1. The number of rotatable bonds is 4. The lowest BCUT2D eigenvalue weighted by atomic mass is 9.96. The Kier molecular flexibility index (Phi) is 3.70. The Morgan fingerprint density at radius 1 is 1.47 bits per heavy atom. The predicted octanol–water partition coefficient (Wildman–Crippen LogP) is 2.12. The van der Waals surface area contributed by atoms with Crippen molar-refractivity contribution in [2.75, 3.05) is 0 Å². The van der Waals surface area contributed by atoms with Gasteiger partial charge < -0.3 is 9.84 Å². The van der Waals surface area contributed by atoms with Crippen molar-refractivity contribution in [3.05, 3.63) is 30.3 Å². The number of benzene rings is 1. The molecule has 3 heteroatoms. The van der Waals surface area contributed by atoms with Crippen LogP contribution in [0.4, 0.5) is 0 Å². The first-order valence-corrected chi connectivity index (χ1v) is 4.98. The summed E-state index contributed by atoms with van der Waals surface area (Å²) in [5.74, 6) is 0.599. The van der Waals surface area contributed by atoms with Crippen LogP contribution in [0, 0.1) is 11.3 Å². The average Bonchev–Trinajstić information content (AvgIpc) is 2.27. The van der Waals surface area contributed by atoms with Crippen LogP contribution in [-0.2, 0) is 0 Å². The molecule has 0 saturated heterocycles. The fraction of sp³-hybridized carbons (Fsp3) is 0.417. The maximum atomic E-state index is 9.58. The fourth-order valence-electron chi connectivity index (χ4n) is 1.35. The molecule has 1 rings (SSSR count). The van der Waals surface area contributed by atoms with Crippen molar-refractivity contribution < 1.29 is 9.84 Å². The van der Waals surface area contributed by atoms with Crippen molar-refractivity contribution in [2.45, 2.75) is 32.0 Å². The third kappa shape index (κ3) is 2.48. The van der Waals surface area contributed by atoms with E-state index in [0.717, 1.165) is 0 Å². The van der Waals surface area contributed by atoms with E-state index in [9.17, 15) is 5.11 Å². The lowest BCUT2D eigenvalue weighted by Gasteiger charge is -2.29. The van der Waals surface area contributed by atoms with Gasteiger partial charge in [-0.05, 0) is 19.1 Å². The molecule has 2 unspecified atom stereocenters. The van der Waals surface area contributed by atoms with Gasteiger partial charge >= 0.3 is 0 Å². The van der Waals surface area contributed by atoms with Crippen molar-refractivity contribution in [2.24, 2.45) is 0 Å². The zero-order valence-electron chi connectivity index (χ0n) is 8.97. The second-order valence-electron chi connectivity index (χ2n) is 3.45. The highest BCUT2D eigenvalue weighted by atomic mass is 16.5. The van der Waals surface area contributed by atoms with E-state index in [1.54, 1.807) is 19.1 Å². The van der Waals surface area contributed by atoms with E-state index in [1.807, 2.05) is 31.2 Å². The quantitative estimate of drug-likeness (QED) is 0.819. The maximum Gasteiger partial charge on any atom is 0.219 e. The Balaban J connectivity index is 2.90. The molecule has 15 heavy (non-hydrogen) atoms. The van der Waals surface area contributed by atoms with E-state index >= 15 is 0 Å². The minimum absolute atomic E-state index is 0.441. The summed E-state index contributed by atoms with van der Waals surface area (Å²) in [6, 6.07) is 11.1. The SMILES string of the molecule is CCC(C#N)(Oc1ccccc1)C(C)O. The van der Waals surface area contributed by atoms with Crippen LogP contribution in [-0.4, -0.2) is 16.8 Å². The molecule has 1 aromatic rings. The highest BCUT2D eigenvalue weighted by molar-refractivity contribution is 5.24. The molecule has 0 aliphatic heterocycles. The summed E-state index contributed by atoms with van der Waals surface area (Å²) in [6.45, 7) is 3.38. The van der Waals surface area contributed by atoms with Gasteiger partial charge in [0, 0.05) is 6.42 Å². The summed E-state index contributed by atoms with van der Waals surface area (Å²) in [6.07, 6.45) is -0.386. The Bertz CT molecular complexity index is 342. The summed E-state index contributed by atoms with van der Waals surface area (Å²) in [5, 5.41) is 18.6. The van der Waals surface area contributed by atoms with Crippen molar-refractivity contribution in [1.82, 2.24) is 0 Å². The Morgan fingerprint density at radius 2 is 2.07 bits per heavy atom. The van der Waals surface area contributed by atoms with Crippen molar-refractivity contribution in [3.8, 4) is 11.8 Å². The van der Waals surface area contributed by atoms with Crippen LogP contribution in [0.5, 0.6) is 5.75 Å².